The van der Waals surface area contributed by atoms with Crippen molar-refractivity contribution in [3.63, 3.8) is 0 Å². The van der Waals surface area contributed by atoms with E-state index >= 15 is 0 Å². The van der Waals surface area contributed by atoms with Gasteiger partial charge in [0.15, 0.2) is 5.78 Å². The number of allylic oxidation sites excluding steroid dienone is 4. The van der Waals surface area contributed by atoms with E-state index in [0.29, 0.717) is 6.42 Å². The van der Waals surface area contributed by atoms with Crippen molar-refractivity contribution >= 4 is 17.4 Å². The van der Waals surface area contributed by atoms with Gasteiger partial charge in [0.2, 0.25) is 0 Å². The number of carbonyl (C=O) groups excluding carboxylic acids is 1. The third-order valence-corrected chi connectivity index (χ3v) is 2.79. The zero-order valence-corrected chi connectivity index (χ0v) is 9.17. The van der Waals surface area contributed by atoms with E-state index in [1.807, 2.05) is 0 Å². The molecule has 0 N–H and O–H groups in total. The van der Waals surface area contributed by atoms with Crippen molar-refractivity contribution in [1.29, 1.82) is 0 Å². The van der Waals surface area contributed by atoms with Gasteiger partial charge in [-0.3, -0.25) is 4.79 Å². The summed E-state index contributed by atoms with van der Waals surface area (Å²) >= 11 is 5.96. The van der Waals surface area contributed by atoms with Crippen molar-refractivity contribution < 1.29 is 4.79 Å². The Balaban J connectivity index is 2.45. The standard InChI is InChI=1S/C12H17ClO/c13-11-9-7-5-3-1-2-4-6-8-10-12(11)14/h3-6,11H,1-2,7-10H2/b5-3-,6-4-/t11-/m0/s1. The molecular weight excluding hydrogens is 196 g/mol. The molecule has 1 aliphatic carbocycles. The molecule has 0 spiro atoms. The number of halogens is 1. The van der Waals surface area contributed by atoms with Crippen LogP contribution in [0.25, 0.3) is 0 Å². The number of rotatable bonds is 0. The van der Waals surface area contributed by atoms with Crippen LogP contribution in [0.3, 0.4) is 0 Å². The number of Topliss-reactive ketones (excluding diaryl/α,β-unsaturated/α-hetero) is 1. The van der Waals surface area contributed by atoms with Gasteiger partial charge >= 0.3 is 0 Å². The molecule has 1 aliphatic rings. The Labute approximate surface area is 90.8 Å². The molecule has 1 rings (SSSR count). The van der Waals surface area contributed by atoms with Crippen LogP contribution in [0.5, 0.6) is 0 Å². The van der Waals surface area contributed by atoms with Gasteiger partial charge in [-0.1, -0.05) is 24.3 Å². The van der Waals surface area contributed by atoms with Crippen LogP contribution in [0.4, 0.5) is 0 Å². The highest BCUT2D eigenvalue weighted by atomic mass is 35.5. The average Bonchev–Trinajstić information content (AvgIpc) is 2.18. The Morgan fingerprint density at radius 1 is 1.00 bits per heavy atom. The molecular formula is C12H17ClO. The molecule has 0 unspecified atom stereocenters. The molecule has 1 nitrogen and oxygen atoms in total. The topological polar surface area (TPSA) is 17.1 Å². The second-order valence-corrected chi connectivity index (χ2v) is 4.10. The van der Waals surface area contributed by atoms with E-state index in [2.05, 4.69) is 24.3 Å². The Hall–Kier alpha value is -0.560. The molecule has 0 aromatic carbocycles. The van der Waals surface area contributed by atoms with E-state index in [1.54, 1.807) is 0 Å². The maximum Gasteiger partial charge on any atom is 0.150 e. The maximum absolute atomic E-state index is 11.4. The molecule has 0 bridgehead atoms. The number of hydrogen-bond donors (Lipinski definition) is 0. The van der Waals surface area contributed by atoms with Crippen molar-refractivity contribution in [3.05, 3.63) is 24.3 Å². The summed E-state index contributed by atoms with van der Waals surface area (Å²) in [6.07, 6.45) is 13.8. The first kappa shape index (κ1) is 11.5. The summed E-state index contributed by atoms with van der Waals surface area (Å²) in [5, 5.41) is -0.285. The van der Waals surface area contributed by atoms with Gasteiger partial charge in [-0.05, 0) is 32.1 Å². The first-order chi connectivity index (χ1) is 6.80. The van der Waals surface area contributed by atoms with Crippen molar-refractivity contribution in [2.75, 3.05) is 0 Å². The van der Waals surface area contributed by atoms with Gasteiger partial charge in [0.1, 0.15) is 0 Å². The fourth-order valence-electron chi connectivity index (χ4n) is 1.45. The summed E-state index contributed by atoms with van der Waals surface area (Å²) in [4.78, 5) is 11.4. The molecule has 0 amide bonds. The van der Waals surface area contributed by atoms with Crippen molar-refractivity contribution in [1.82, 2.24) is 0 Å². The lowest BCUT2D eigenvalue weighted by Gasteiger charge is -2.06. The number of alkyl halides is 1. The molecule has 14 heavy (non-hydrogen) atoms. The summed E-state index contributed by atoms with van der Waals surface area (Å²) < 4.78 is 0. The Kier molecular flexibility index (Phi) is 5.62. The normalized spacial score (nSPS) is 30.1. The van der Waals surface area contributed by atoms with E-state index in [9.17, 15) is 4.79 Å². The van der Waals surface area contributed by atoms with Gasteiger partial charge < -0.3 is 0 Å². The molecule has 0 heterocycles. The molecule has 0 fully saturated rings. The summed E-state index contributed by atoms with van der Waals surface area (Å²) in [7, 11) is 0. The molecule has 78 valence electrons. The summed E-state index contributed by atoms with van der Waals surface area (Å²) in [6.45, 7) is 0. The van der Waals surface area contributed by atoms with Crippen molar-refractivity contribution in [3.8, 4) is 0 Å². The van der Waals surface area contributed by atoms with E-state index in [1.165, 1.54) is 0 Å². The first-order valence-corrected chi connectivity index (χ1v) is 5.71. The van der Waals surface area contributed by atoms with Gasteiger partial charge in [0.25, 0.3) is 0 Å². The van der Waals surface area contributed by atoms with E-state index < -0.39 is 0 Å². The highest BCUT2D eigenvalue weighted by Crippen LogP contribution is 2.12. The predicted octanol–water partition coefficient (Wildman–Crippen LogP) is 3.63. The molecule has 0 aromatic rings. The third kappa shape index (κ3) is 4.61. The zero-order valence-electron chi connectivity index (χ0n) is 8.42. The SMILES string of the molecule is O=C1CC/C=C\CC/C=C\CC[C@@H]1Cl. The lowest BCUT2D eigenvalue weighted by Crippen LogP contribution is -2.13. The largest absolute Gasteiger partial charge is 0.298 e. The lowest BCUT2D eigenvalue weighted by atomic mass is 10.1. The smallest absolute Gasteiger partial charge is 0.150 e. The fraction of sp³-hybridized carbons (Fsp3) is 0.583. The number of ketones is 1. The van der Waals surface area contributed by atoms with Gasteiger partial charge in [-0.15, -0.1) is 11.6 Å². The molecule has 0 radical (unpaired) electrons. The van der Waals surface area contributed by atoms with Gasteiger partial charge in [0.05, 0.1) is 5.38 Å². The molecule has 2 heteroatoms. The van der Waals surface area contributed by atoms with E-state index in [0.717, 1.165) is 32.1 Å². The van der Waals surface area contributed by atoms with Crippen LogP contribution in [0, 0.1) is 0 Å². The van der Waals surface area contributed by atoms with Crippen LogP contribution in [-0.4, -0.2) is 11.2 Å². The monoisotopic (exact) mass is 212 g/mol. The van der Waals surface area contributed by atoms with Gasteiger partial charge in [0, 0.05) is 6.42 Å². The molecule has 0 aliphatic heterocycles. The molecule has 0 saturated heterocycles. The summed E-state index contributed by atoms with van der Waals surface area (Å²) in [6, 6.07) is 0. The zero-order chi connectivity index (χ0) is 10.2. The summed E-state index contributed by atoms with van der Waals surface area (Å²) in [5.74, 6) is 0.185. The second kappa shape index (κ2) is 6.83. The average molecular weight is 213 g/mol. The highest BCUT2D eigenvalue weighted by Gasteiger charge is 2.12. The number of carbonyl (C=O) groups is 1. The fourth-order valence-corrected chi connectivity index (χ4v) is 1.68. The molecule has 0 aromatic heterocycles. The first-order valence-electron chi connectivity index (χ1n) is 5.27. The second-order valence-electron chi connectivity index (χ2n) is 3.57. The molecule has 1 atom stereocenters. The van der Waals surface area contributed by atoms with E-state index in [-0.39, 0.29) is 11.2 Å². The predicted molar refractivity (Wildman–Crippen MR) is 60.6 cm³/mol. The van der Waals surface area contributed by atoms with Crippen LogP contribution in [0.2, 0.25) is 0 Å². The maximum atomic E-state index is 11.4. The van der Waals surface area contributed by atoms with E-state index in [4.69, 9.17) is 11.6 Å². The Morgan fingerprint density at radius 3 is 2.29 bits per heavy atom. The minimum atomic E-state index is -0.285. The molecule has 0 saturated carbocycles. The van der Waals surface area contributed by atoms with Crippen LogP contribution >= 0.6 is 11.6 Å². The van der Waals surface area contributed by atoms with Crippen LogP contribution in [-0.2, 0) is 4.79 Å². The van der Waals surface area contributed by atoms with Crippen molar-refractivity contribution in [2.24, 2.45) is 0 Å². The third-order valence-electron chi connectivity index (χ3n) is 2.33. The van der Waals surface area contributed by atoms with Gasteiger partial charge in [-0.25, -0.2) is 0 Å². The highest BCUT2D eigenvalue weighted by molar-refractivity contribution is 6.31. The van der Waals surface area contributed by atoms with Crippen molar-refractivity contribution in [2.45, 2.75) is 43.9 Å². The minimum Gasteiger partial charge on any atom is -0.298 e. The quantitative estimate of drug-likeness (QED) is 0.443. The summed E-state index contributed by atoms with van der Waals surface area (Å²) in [5.41, 5.74) is 0. The van der Waals surface area contributed by atoms with Gasteiger partial charge in [-0.2, -0.15) is 0 Å². The minimum absolute atomic E-state index is 0.185. The number of hydrogen-bond acceptors (Lipinski definition) is 1. The van der Waals surface area contributed by atoms with Crippen LogP contribution in [0.1, 0.15) is 38.5 Å². The Bertz CT molecular complexity index is 230. The van der Waals surface area contributed by atoms with Crippen LogP contribution < -0.4 is 0 Å². The Morgan fingerprint density at radius 2 is 1.57 bits per heavy atom. The van der Waals surface area contributed by atoms with Crippen LogP contribution in [0.15, 0.2) is 24.3 Å². The lowest BCUT2D eigenvalue weighted by molar-refractivity contribution is -0.118.